The minimum atomic E-state index is -3.89. The standard InChI is InChI=1S/C26H25N5O3S/c1-26(2)15-34-22-13-17(11-12-27-22)21-10-9-16-5-3-8-20(16)23(21)28-24-29-25(31-30-24)35(32,33)19-7-4-6-18(26)14-19/h4,6-7,9-14H,3,5,8,15H2,1-2H3,(H2,28,29,30,31). The third-order valence-electron chi connectivity index (χ3n) is 6.79. The Balaban J connectivity index is 1.56. The second-order valence-corrected chi connectivity index (χ2v) is 11.5. The van der Waals surface area contributed by atoms with E-state index in [2.05, 4.69) is 37.6 Å². The van der Waals surface area contributed by atoms with Crippen LogP contribution in [-0.2, 0) is 28.1 Å². The number of anilines is 2. The molecule has 9 heteroatoms. The Morgan fingerprint density at radius 1 is 1.06 bits per heavy atom. The fourth-order valence-corrected chi connectivity index (χ4v) is 5.91. The number of hydrogen-bond acceptors (Lipinski definition) is 7. The third kappa shape index (κ3) is 3.76. The summed E-state index contributed by atoms with van der Waals surface area (Å²) in [6.45, 7) is 4.36. The lowest BCUT2D eigenvalue weighted by molar-refractivity contribution is 0.232. The van der Waals surface area contributed by atoms with Gasteiger partial charge in [-0.3, -0.25) is 0 Å². The lowest BCUT2D eigenvalue weighted by Crippen LogP contribution is -2.26. The molecule has 2 aromatic heterocycles. The van der Waals surface area contributed by atoms with Crippen molar-refractivity contribution >= 4 is 21.5 Å². The lowest BCUT2D eigenvalue weighted by atomic mass is 9.85. The number of aromatic amines is 1. The van der Waals surface area contributed by atoms with Crippen molar-refractivity contribution in [1.29, 1.82) is 0 Å². The fourth-order valence-electron chi connectivity index (χ4n) is 4.77. The highest BCUT2D eigenvalue weighted by atomic mass is 32.2. The van der Waals surface area contributed by atoms with Crippen LogP contribution in [0, 0.1) is 0 Å². The van der Waals surface area contributed by atoms with Crippen LogP contribution in [-0.4, -0.2) is 35.2 Å². The molecule has 0 saturated heterocycles. The Morgan fingerprint density at radius 2 is 1.94 bits per heavy atom. The molecule has 0 spiro atoms. The minimum Gasteiger partial charge on any atom is -0.477 e. The first kappa shape index (κ1) is 21.8. The van der Waals surface area contributed by atoms with Crippen molar-refractivity contribution in [2.45, 2.75) is 48.6 Å². The molecule has 1 aliphatic carbocycles. The van der Waals surface area contributed by atoms with E-state index in [1.165, 1.54) is 11.1 Å². The molecule has 1 aliphatic heterocycles. The molecule has 2 aromatic carbocycles. The molecule has 6 bridgehead atoms. The minimum absolute atomic E-state index is 0.152. The average Bonchev–Trinajstić information content (AvgIpc) is 3.53. The van der Waals surface area contributed by atoms with Gasteiger partial charge in [0.05, 0.1) is 17.2 Å². The van der Waals surface area contributed by atoms with Crippen molar-refractivity contribution in [3.8, 4) is 17.0 Å². The first-order valence-electron chi connectivity index (χ1n) is 11.6. The van der Waals surface area contributed by atoms with Crippen molar-refractivity contribution in [2.24, 2.45) is 0 Å². The summed E-state index contributed by atoms with van der Waals surface area (Å²) >= 11 is 0. The van der Waals surface area contributed by atoms with E-state index in [9.17, 15) is 8.42 Å². The van der Waals surface area contributed by atoms with Gasteiger partial charge >= 0.3 is 0 Å². The van der Waals surface area contributed by atoms with Crippen LogP contribution in [0.15, 0.2) is 64.8 Å². The number of aromatic nitrogens is 4. The second kappa shape index (κ2) is 7.91. The number of ether oxygens (including phenoxy) is 1. The molecular formula is C26H25N5O3S. The van der Waals surface area contributed by atoms with Crippen LogP contribution in [0.2, 0.25) is 0 Å². The molecule has 0 amide bonds. The molecule has 35 heavy (non-hydrogen) atoms. The Bertz CT molecular complexity index is 1560. The Morgan fingerprint density at radius 3 is 2.83 bits per heavy atom. The number of nitrogens with zero attached hydrogens (tertiary/aromatic N) is 3. The SMILES string of the molecule is CC1(C)COc2cc(ccn2)-c2ccc3c(c2Nc2n[nH]c(n2)S(=O)(=O)c2cccc1c2)CCC3. The molecular weight excluding hydrogens is 462 g/mol. The number of benzene rings is 2. The predicted octanol–water partition coefficient (Wildman–Crippen LogP) is 4.60. The topological polar surface area (TPSA) is 110 Å². The van der Waals surface area contributed by atoms with Gasteiger partial charge in [-0.15, -0.1) is 5.10 Å². The summed E-state index contributed by atoms with van der Waals surface area (Å²) in [7, 11) is -3.89. The molecule has 0 atom stereocenters. The zero-order valence-corrected chi connectivity index (χ0v) is 20.3. The summed E-state index contributed by atoms with van der Waals surface area (Å²) in [5.41, 5.74) is 5.64. The highest BCUT2D eigenvalue weighted by Gasteiger charge is 2.28. The maximum atomic E-state index is 13.4. The molecule has 0 fully saturated rings. The third-order valence-corrected chi connectivity index (χ3v) is 8.36. The van der Waals surface area contributed by atoms with Gasteiger partial charge in [-0.1, -0.05) is 38.1 Å². The van der Waals surface area contributed by atoms with E-state index in [0.29, 0.717) is 12.5 Å². The van der Waals surface area contributed by atoms with Gasteiger partial charge in [0.1, 0.15) is 0 Å². The van der Waals surface area contributed by atoms with Gasteiger partial charge in [-0.25, -0.2) is 18.5 Å². The normalized spacial score (nSPS) is 17.5. The van der Waals surface area contributed by atoms with E-state index in [0.717, 1.165) is 41.6 Å². The van der Waals surface area contributed by atoms with Gasteiger partial charge in [0.15, 0.2) is 0 Å². The molecule has 0 unspecified atom stereocenters. The van der Waals surface area contributed by atoms with E-state index in [1.807, 2.05) is 32.0 Å². The summed E-state index contributed by atoms with van der Waals surface area (Å²) in [5.74, 6) is 0.720. The van der Waals surface area contributed by atoms with Gasteiger partial charge < -0.3 is 10.1 Å². The summed E-state index contributed by atoms with van der Waals surface area (Å²) in [4.78, 5) is 8.91. The first-order valence-corrected chi connectivity index (χ1v) is 13.1. The molecule has 0 saturated carbocycles. The number of rotatable bonds is 0. The molecule has 0 radical (unpaired) electrons. The van der Waals surface area contributed by atoms with Crippen molar-refractivity contribution in [1.82, 2.24) is 20.2 Å². The van der Waals surface area contributed by atoms with Crippen LogP contribution in [0.1, 0.15) is 37.0 Å². The van der Waals surface area contributed by atoms with Gasteiger partial charge in [-0.2, -0.15) is 4.98 Å². The van der Waals surface area contributed by atoms with Crippen molar-refractivity contribution in [3.63, 3.8) is 0 Å². The molecule has 178 valence electrons. The monoisotopic (exact) mass is 487 g/mol. The zero-order valence-electron chi connectivity index (χ0n) is 19.5. The van der Waals surface area contributed by atoms with Crippen LogP contribution < -0.4 is 10.1 Å². The van der Waals surface area contributed by atoms with E-state index in [4.69, 9.17) is 4.74 Å². The summed E-state index contributed by atoms with van der Waals surface area (Å²) < 4.78 is 32.9. The highest BCUT2D eigenvalue weighted by molar-refractivity contribution is 7.91. The molecule has 3 heterocycles. The Labute approximate surface area is 203 Å². The quantitative estimate of drug-likeness (QED) is 0.373. The van der Waals surface area contributed by atoms with Gasteiger partial charge in [0.2, 0.25) is 26.8 Å². The Hall–Kier alpha value is -3.72. The molecule has 2 N–H and O–H groups in total. The van der Waals surface area contributed by atoms with Gasteiger partial charge in [0, 0.05) is 23.2 Å². The van der Waals surface area contributed by atoms with Crippen molar-refractivity contribution < 1.29 is 13.2 Å². The number of hydrogen-bond donors (Lipinski definition) is 2. The average molecular weight is 488 g/mol. The first-order chi connectivity index (χ1) is 16.8. The number of fused-ring (bicyclic) bond motifs is 10. The maximum absolute atomic E-state index is 13.4. The molecule has 4 aromatic rings. The van der Waals surface area contributed by atoms with Gasteiger partial charge in [0.25, 0.3) is 0 Å². The number of H-pyrrole nitrogens is 1. The van der Waals surface area contributed by atoms with Crippen molar-refractivity contribution in [3.05, 3.63) is 71.4 Å². The number of sulfone groups is 1. The van der Waals surface area contributed by atoms with Crippen LogP contribution in [0.4, 0.5) is 11.6 Å². The van der Waals surface area contributed by atoms with Crippen LogP contribution in [0.3, 0.4) is 0 Å². The molecule has 6 rings (SSSR count). The Kier molecular flexibility index (Phi) is 4.93. The second-order valence-electron chi connectivity index (χ2n) is 9.66. The van der Waals surface area contributed by atoms with E-state index >= 15 is 0 Å². The van der Waals surface area contributed by atoms with Crippen LogP contribution >= 0.6 is 0 Å². The highest BCUT2D eigenvalue weighted by Crippen LogP contribution is 2.39. The number of aryl methyl sites for hydroxylation is 1. The smallest absolute Gasteiger partial charge is 0.249 e. The maximum Gasteiger partial charge on any atom is 0.249 e. The number of pyridine rings is 1. The van der Waals surface area contributed by atoms with Crippen LogP contribution in [0.25, 0.3) is 11.1 Å². The van der Waals surface area contributed by atoms with E-state index in [-0.39, 0.29) is 16.0 Å². The van der Waals surface area contributed by atoms with E-state index < -0.39 is 15.3 Å². The molecule has 8 nitrogen and oxygen atoms in total. The number of nitrogens with one attached hydrogen (secondary N) is 2. The zero-order chi connectivity index (χ0) is 24.2. The lowest BCUT2D eigenvalue weighted by Gasteiger charge is -2.25. The largest absolute Gasteiger partial charge is 0.477 e. The van der Waals surface area contributed by atoms with Crippen molar-refractivity contribution in [2.75, 3.05) is 11.9 Å². The predicted molar refractivity (Wildman–Crippen MR) is 132 cm³/mol. The summed E-state index contributed by atoms with van der Waals surface area (Å²) in [6, 6.07) is 15.0. The van der Waals surface area contributed by atoms with Crippen LogP contribution in [0.5, 0.6) is 5.88 Å². The molecule has 2 aliphatic rings. The van der Waals surface area contributed by atoms with Gasteiger partial charge in [-0.05, 0) is 59.7 Å². The summed E-state index contributed by atoms with van der Waals surface area (Å²) in [6.07, 6.45) is 4.75. The van der Waals surface area contributed by atoms with E-state index in [1.54, 1.807) is 24.4 Å². The summed E-state index contributed by atoms with van der Waals surface area (Å²) in [5, 5.41) is 9.95. The fraction of sp³-hybridized carbons (Fsp3) is 0.269.